The fraction of sp³-hybridized carbons (Fsp3) is 0.833. The van der Waals surface area contributed by atoms with Crippen molar-refractivity contribution < 1.29 is 19.4 Å². The first kappa shape index (κ1) is 14.8. The van der Waals surface area contributed by atoms with Crippen LogP contribution < -0.4 is 10.6 Å². The number of hydrogen-bond acceptors (Lipinski definition) is 3. The van der Waals surface area contributed by atoms with Crippen LogP contribution in [0.5, 0.6) is 0 Å². The molecule has 104 valence electrons. The van der Waals surface area contributed by atoms with Gasteiger partial charge >= 0.3 is 12.0 Å². The zero-order chi connectivity index (χ0) is 13.6. The maximum atomic E-state index is 11.7. The third-order valence-corrected chi connectivity index (χ3v) is 3.13. The van der Waals surface area contributed by atoms with E-state index in [0.29, 0.717) is 19.4 Å². The largest absolute Gasteiger partial charge is 0.480 e. The highest BCUT2D eigenvalue weighted by atomic mass is 16.5. The highest BCUT2D eigenvalue weighted by molar-refractivity contribution is 5.85. The first-order valence-corrected chi connectivity index (χ1v) is 6.39. The van der Waals surface area contributed by atoms with E-state index >= 15 is 0 Å². The highest BCUT2D eigenvalue weighted by Gasteiger charge is 2.33. The Bertz CT molecular complexity index is 302. The smallest absolute Gasteiger partial charge is 0.329 e. The molecule has 0 saturated carbocycles. The van der Waals surface area contributed by atoms with Gasteiger partial charge in [0.2, 0.25) is 0 Å². The number of carbonyl (C=O) groups is 2. The van der Waals surface area contributed by atoms with Gasteiger partial charge < -0.3 is 20.5 Å². The molecule has 6 heteroatoms. The summed E-state index contributed by atoms with van der Waals surface area (Å²) in [7, 11) is 0. The van der Waals surface area contributed by atoms with Gasteiger partial charge in [-0.25, -0.2) is 9.59 Å². The zero-order valence-electron chi connectivity index (χ0n) is 11.0. The Balaban J connectivity index is 2.38. The van der Waals surface area contributed by atoms with Gasteiger partial charge in [0.15, 0.2) is 0 Å². The molecule has 1 heterocycles. The molecule has 6 nitrogen and oxygen atoms in total. The van der Waals surface area contributed by atoms with Crippen LogP contribution in [0.2, 0.25) is 0 Å². The van der Waals surface area contributed by atoms with Gasteiger partial charge in [-0.1, -0.05) is 13.3 Å². The van der Waals surface area contributed by atoms with E-state index in [1.165, 1.54) is 6.92 Å². The average Bonchev–Trinajstić information content (AvgIpc) is 2.79. The Morgan fingerprint density at radius 3 is 2.72 bits per heavy atom. The summed E-state index contributed by atoms with van der Waals surface area (Å²) >= 11 is 0. The van der Waals surface area contributed by atoms with E-state index in [4.69, 9.17) is 9.84 Å². The zero-order valence-corrected chi connectivity index (χ0v) is 11.0. The summed E-state index contributed by atoms with van der Waals surface area (Å²) in [5, 5.41) is 14.3. The molecule has 2 unspecified atom stereocenters. The lowest BCUT2D eigenvalue weighted by Crippen LogP contribution is -2.55. The number of nitrogens with one attached hydrogen (secondary N) is 2. The molecule has 0 radical (unpaired) electrons. The lowest BCUT2D eigenvalue weighted by atomic mass is 9.97. The summed E-state index contributed by atoms with van der Waals surface area (Å²) in [5.74, 6) is -1.02. The van der Waals surface area contributed by atoms with Crippen LogP contribution in [-0.4, -0.2) is 41.9 Å². The predicted molar refractivity (Wildman–Crippen MR) is 66.5 cm³/mol. The number of rotatable bonds is 6. The maximum absolute atomic E-state index is 11.7. The van der Waals surface area contributed by atoms with Gasteiger partial charge in [0.1, 0.15) is 5.54 Å². The number of amides is 2. The first-order chi connectivity index (χ1) is 8.48. The molecule has 0 aromatic heterocycles. The molecule has 1 fully saturated rings. The lowest BCUT2D eigenvalue weighted by Gasteiger charge is -2.26. The van der Waals surface area contributed by atoms with Crippen molar-refractivity contribution in [3.8, 4) is 0 Å². The number of ether oxygens (including phenoxy) is 1. The molecule has 18 heavy (non-hydrogen) atoms. The van der Waals surface area contributed by atoms with Crippen molar-refractivity contribution in [3.05, 3.63) is 0 Å². The minimum atomic E-state index is -1.21. The van der Waals surface area contributed by atoms with Crippen molar-refractivity contribution in [3.63, 3.8) is 0 Å². The second kappa shape index (κ2) is 6.58. The van der Waals surface area contributed by atoms with Crippen LogP contribution in [0.1, 0.15) is 39.5 Å². The second-order valence-electron chi connectivity index (χ2n) is 4.86. The van der Waals surface area contributed by atoms with E-state index in [-0.39, 0.29) is 6.10 Å². The summed E-state index contributed by atoms with van der Waals surface area (Å²) in [4.78, 5) is 22.8. The molecule has 0 bridgehead atoms. The van der Waals surface area contributed by atoms with Crippen LogP contribution in [0.15, 0.2) is 0 Å². The molecule has 1 rings (SSSR count). The van der Waals surface area contributed by atoms with Gasteiger partial charge in [0.25, 0.3) is 0 Å². The van der Waals surface area contributed by atoms with Crippen LogP contribution in [0.3, 0.4) is 0 Å². The minimum absolute atomic E-state index is 0.0537. The van der Waals surface area contributed by atoms with Crippen molar-refractivity contribution in [2.45, 2.75) is 51.2 Å². The molecule has 0 spiro atoms. The predicted octanol–water partition coefficient (Wildman–Crippen LogP) is 1.11. The molecule has 2 atom stereocenters. The maximum Gasteiger partial charge on any atom is 0.329 e. The van der Waals surface area contributed by atoms with Crippen LogP contribution in [0.4, 0.5) is 4.79 Å². The Morgan fingerprint density at radius 1 is 1.50 bits per heavy atom. The number of urea groups is 1. The summed E-state index contributed by atoms with van der Waals surface area (Å²) in [6.45, 7) is 4.56. The Kier molecular flexibility index (Phi) is 5.40. The van der Waals surface area contributed by atoms with E-state index < -0.39 is 17.5 Å². The van der Waals surface area contributed by atoms with Gasteiger partial charge in [-0.05, 0) is 26.2 Å². The monoisotopic (exact) mass is 258 g/mol. The topological polar surface area (TPSA) is 87.7 Å². The molecule has 0 aromatic carbocycles. The van der Waals surface area contributed by atoms with Crippen LogP contribution >= 0.6 is 0 Å². The minimum Gasteiger partial charge on any atom is -0.480 e. The van der Waals surface area contributed by atoms with Crippen LogP contribution in [-0.2, 0) is 9.53 Å². The Hall–Kier alpha value is -1.30. The number of carboxylic acids is 1. The fourth-order valence-electron chi connectivity index (χ4n) is 2.03. The molecular weight excluding hydrogens is 236 g/mol. The summed E-state index contributed by atoms with van der Waals surface area (Å²) in [6.07, 6.45) is 3.09. The number of aliphatic carboxylic acids is 1. The normalized spacial score (nSPS) is 22.2. The Morgan fingerprint density at radius 2 is 2.22 bits per heavy atom. The third kappa shape index (κ3) is 4.18. The summed E-state index contributed by atoms with van der Waals surface area (Å²) in [5.41, 5.74) is -1.21. The van der Waals surface area contributed by atoms with Crippen molar-refractivity contribution >= 4 is 12.0 Å². The van der Waals surface area contributed by atoms with E-state index in [1.807, 2.05) is 6.92 Å². The van der Waals surface area contributed by atoms with E-state index in [0.717, 1.165) is 19.4 Å². The molecule has 3 N–H and O–H groups in total. The standard InChI is InChI=1S/C12H22N2O4/c1-3-6-12(2,10(15)16)14-11(17)13-8-9-5-4-7-18-9/h9H,3-8H2,1-2H3,(H,15,16)(H2,13,14,17). The molecular formula is C12H22N2O4. The van der Waals surface area contributed by atoms with E-state index in [2.05, 4.69) is 10.6 Å². The molecule has 1 saturated heterocycles. The van der Waals surface area contributed by atoms with Crippen molar-refractivity contribution in [1.82, 2.24) is 10.6 Å². The molecule has 0 aromatic rings. The van der Waals surface area contributed by atoms with Gasteiger partial charge in [-0.3, -0.25) is 0 Å². The van der Waals surface area contributed by atoms with E-state index in [9.17, 15) is 9.59 Å². The number of carbonyl (C=O) groups excluding carboxylic acids is 1. The molecule has 1 aliphatic heterocycles. The first-order valence-electron chi connectivity index (χ1n) is 6.39. The summed E-state index contributed by atoms with van der Waals surface area (Å²) in [6, 6.07) is -0.455. The summed E-state index contributed by atoms with van der Waals surface area (Å²) < 4.78 is 5.37. The van der Waals surface area contributed by atoms with E-state index in [1.54, 1.807) is 0 Å². The third-order valence-electron chi connectivity index (χ3n) is 3.13. The SMILES string of the molecule is CCCC(C)(NC(=O)NCC1CCCO1)C(=O)O. The van der Waals surface area contributed by atoms with Gasteiger partial charge in [-0.2, -0.15) is 0 Å². The lowest BCUT2D eigenvalue weighted by molar-refractivity contribution is -0.144. The quantitative estimate of drug-likeness (QED) is 0.666. The van der Waals surface area contributed by atoms with Gasteiger partial charge in [-0.15, -0.1) is 0 Å². The van der Waals surface area contributed by atoms with Crippen molar-refractivity contribution in [1.29, 1.82) is 0 Å². The van der Waals surface area contributed by atoms with Crippen LogP contribution in [0, 0.1) is 0 Å². The fourth-order valence-corrected chi connectivity index (χ4v) is 2.03. The highest BCUT2D eigenvalue weighted by Crippen LogP contribution is 2.13. The molecule has 2 amide bonds. The molecule has 0 aliphatic carbocycles. The van der Waals surface area contributed by atoms with Gasteiger partial charge in [0.05, 0.1) is 6.10 Å². The molecule has 1 aliphatic rings. The van der Waals surface area contributed by atoms with Crippen molar-refractivity contribution in [2.75, 3.05) is 13.2 Å². The van der Waals surface area contributed by atoms with Crippen molar-refractivity contribution in [2.24, 2.45) is 0 Å². The van der Waals surface area contributed by atoms with Crippen LogP contribution in [0.25, 0.3) is 0 Å². The second-order valence-corrected chi connectivity index (χ2v) is 4.86. The Labute approximate surface area is 107 Å². The van der Waals surface area contributed by atoms with Gasteiger partial charge in [0, 0.05) is 13.2 Å². The number of hydrogen-bond donors (Lipinski definition) is 3. The average molecular weight is 258 g/mol. The number of carboxylic acid groups (broad SMARTS) is 1.